The van der Waals surface area contributed by atoms with Crippen LogP contribution in [0.1, 0.15) is 20.7 Å². The van der Waals surface area contributed by atoms with Crippen molar-refractivity contribution >= 4 is 29.1 Å². The highest BCUT2D eigenvalue weighted by Crippen LogP contribution is 2.18. The van der Waals surface area contributed by atoms with Crippen molar-refractivity contribution in [3.63, 3.8) is 0 Å². The summed E-state index contributed by atoms with van der Waals surface area (Å²) < 4.78 is 30.8. The highest BCUT2D eigenvalue weighted by atomic mass is 19.2. The number of aromatic nitrogens is 1. The fraction of sp³-hybridized carbons (Fsp3) is 0.0500. The summed E-state index contributed by atoms with van der Waals surface area (Å²) in [4.78, 5) is 27.9. The Labute approximate surface area is 159 Å². The molecule has 0 radical (unpaired) electrons. The molecule has 0 aliphatic heterocycles. The van der Waals surface area contributed by atoms with Gasteiger partial charge in [-0.2, -0.15) is 0 Å². The third kappa shape index (κ3) is 4.47. The molecule has 0 aliphatic rings. The fourth-order valence-electron chi connectivity index (χ4n) is 2.37. The predicted molar refractivity (Wildman–Crippen MR) is 99.6 cm³/mol. The third-order valence-corrected chi connectivity index (χ3v) is 3.76. The molecule has 0 saturated heterocycles. The smallest absolute Gasteiger partial charge is 0.337 e. The van der Waals surface area contributed by atoms with Crippen molar-refractivity contribution in [1.29, 1.82) is 0 Å². The van der Waals surface area contributed by atoms with Gasteiger partial charge in [-0.25, -0.2) is 18.6 Å². The van der Waals surface area contributed by atoms with Crippen LogP contribution >= 0.6 is 0 Å². The summed E-state index contributed by atoms with van der Waals surface area (Å²) in [6.07, 6.45) is 1.34. The van der Waals surface area contributed by atoms with E-state index >= 15 is 0 Å². The SMILES string of the molecule is COC(=O)c1cccc(Nc2ccc(C(=O)Nc3ccc(F)c(F)c3)cn2)c1. The van der Waals surface area contributed by atoms with Crippen LogP contribution in [0.3, 0.4) is 0 Å². The average Bonchev–Trinajstić information content (AvgIpc) is 2.71. The second kappa shape index (κ2) is 8.26. The quantitative estimate of drug-likeness (QED) is 0.647. The summed E-state index contributed by atoms with van der Waals surface area (Å²) in [5.74, 6) is -2.57. The van der Waals surface area contributed by atoms with Gasteiger partial charge in [0.15, 0.2) is 11.6 Å². The molecule has 8 heteroatoms. The third-order valence-electron chi connectivity index (χ3n) is 3.76. The molecule has 2 N–H and O–H groups in total. The highest BCUT2D eigenvalue weighted by Gasteiger charge is 2.10. The van der Waals surface area contributed by atoms with Crippen LogP contribution in [0.25, 0.3) is 0 Å². The number of rotatable bonds is 5. The maximum absolute atomic E-state index is 13.2. The first-order valence-electron chi connectivity index (χ1n) is 8.14. The highest BCUT2D eigenvalue weighted by molar-refractivity contribution is 6.04. The molecule has 3 rings (SSSR count). The largest absolute Gasteiger partial charge is 0.465 e. The summed E-state index contributed by atoms with van der Waals surface area (Å²) in [5, 5.41) is 5.48. The standard InChI is InChI=1S/C20H15F2N3O3/c1-28-20(27)12-3-2-4-14(9-12)24-18-8-5-13(11-23-18)19(26)25-15-6-7-16(21)17(22)10-15/h2-11H,1H3,(H,23,24)(H,25,26). The first kappa shape index (κ1) is 19.0. The van der Waals surface area contributed by atoms with E-state index in [9.17, 15) is 18.4 Å². The molecule has 6 nitrogen and oxygen atoms in total. The topological polar surface area (TPSA) is 80.3 Å². The Hall–Kier alpha value is -3.81. The number of amides is 1. The van der Waals surface area contributed by atoms with Gasteiger partial charge < -0.3 is 15.4 Å². The molecular formula is C20H15F2N3O3. The minimum absolute atomic E-state index is 0.130. The lowest BCUT2D eigenvalue weighted by Gasteiger charge is -2.09. The summed E-state index contributed by atoms with van der Waals surface area (Å²) in [5.41, 5.74) is 1.37. The second-order valence-corrected chi connectivity index (χ2v) is 5.71. The predicted octanol–water partition coefficient (Wildman–Crippen LogP) is 4.14. The van der Waals surface area contributed by atoms with Crippen LogP contribution in [0, 0.1) is 11.6 Å². The van der Waals surface area contributed by atoms with Crippen LogP contribution in [-0.2, 0) is 4.74 Å². The molecular weight excluding hydrogens is 368 g/mol. The summed E-state index contributed by atoms with van der Waals surface area (Å²) >= 11 is 0. The maximum Gasteiger partial charge on any atom is 0.337 e. The molecule has 1 heterocycles. The number of halogens is 2. The van der Waals surface area contributed by atoms with Gasteiger partial charge in [0.2, 0.25) is 0 Å². The van der Waals surface area contributed by atoms with Crippen LogP contribution in [0.15, 0.2) is 60.8 Å². The molecule has 0 saturated carbocycles. The number of hydrogen-bond acceptors (Lipinski definition) is 5. The van der Waals surface area contributed by atoms with Gasteiger partial charge in [0.25, 0.3) is 5.91 Å². The number of nitrogens with zero attached hydrogens (tertiary/aromatic N) is 1. The van der Waals surface area contributed by atoms with Crippen LogP contribution in [-0.4, -0.2) is 24.0 Å². The van der Waals surface area contributed by atoms with Gasteiger partial charge in [-0.15, -0.1) is 0 Å². The van der Waals surface area contributed by atoms with E-state index in [1.807, 2.05) is 0 Å². The number of anilines is 3. The van der Waals surface area contributed by atoms with E-state index in [2.05, 4.69) is 20.4 Å². The van der Waals surface area contributed by atoms with E-state index in [0.29, 0.717) is 17.1 Å². The van der Waals surface area contributed by atoms with E-state index in [1.54, 1.807) is 30.3 Å². The zero-order chi connectivity index (χ0) is 20.1. The maximum atomic E-state index is 13.2. The van der Waals surface area contributed by atoms with Gasteiger partial charge >= 0.3 is 5.97 Å². The van der Waals surface area contributed by atoms with Gasteiger partial charge in [0.05, 0.1) is 18.2 Å². The van der Waals surface area contributed by atoms with Crippen LogP contribution in [0.4, 0.5) is 26.0 Å². The van der Waals surface area contributed by atoms with E-state index in [0.717, 1.165) is 12.1 Å². The fourth-order valence-corrected chi connectivity index (χ4v) is 2.37. The van der Waals surface area contributed by atoms with E-state index in [1.165, 1.54) is 25.4 Å². The lowest BCUT2D eigenvalue weighted by Crippen LogP contribution is -2.12. The van der Waals surface area contributed by atoms with Gasteiger partial charge in [-0.1, -0.05) is 6.07 Å². The zero-order valence-corrected chi connectivity index (χ0v) is 14.7. The van der Waals surface area contributed by atoms with Crippen LogP contribution in [0.2, 0.25) is 0 Å². The molecule has 2 aromatic carbocycles. The van der Waals surface area contributed by atoms with Crippen molar-refractivity contribution in [3.05, 3.63) is 83.6 Å². The van der Waals surface area contributed by atoms with Crippen molar-refractivity contribution in [2.45, 2.75) is 0 Å². The van der Waals surface area contributed by atoms with Gasteiger partial charge in [-0.3, -0.25) is 4.79 Å². The summed E-state index contributed by atoms with van der Waals surface area (Å²) in [6.45, 7) is 0. The van der Waals surface area contributed by atoms with Gasteiger partial charge in [0, 0.05) is 23.6 Å². The first-order chi connectivity index (χ1) is 13.5. The number of hydrogen-bond donors (Lipinski definition) is 2. The Morgan fingerprint density at radius 1 is 0.929 bits per heavy atom. The second-order valence-electron chi connectivity index (χ2n) is 5.71. The van der Waals surface area contributed by atoms with E-state index in [4.69, 9.17) is 0 Å². The van der Waals surface area contributed by atoms with Crippen molar-refractivity contribution in [2.75, 3.05) is 17.7 Å². The Balaban J connectivity index is 1.68. The molecule has 142 valence electrons. The normalized spacial score (nSPS) is 10.2. The summed E-state index contributed by atoms with van der Waals surface area (Å²) in [6, 6.07) is 12.8. The molecule has 0 fully saturated rings. The molecule has 0 unspecified atom stereocenters. The van der Waals surface area contributed by atoms with Crippen molar-refractivity contribution < 1.29 is 23.1 Å². The number of methoxy groups -OCH3 is 1. The minimum Gasteiger partial charge on any atom is -0.465 e. The molecule has 28 heavy (non-hydrogen) atoms. The van der Waals surface area contributed by atoms with Crippen LogP contribution in [0.5, 0.6) is 0 Å². The number of carbonyl (C=O) groups is 2. The lowest BCUT2D eigenvalue weighted by atomic mass is 10.2. The zero-order valence-electron chi connectivity index (χ0n) is 14.7. The number of ether oxygens (including phenoxy) is 1. The lowest BCUT2D eigenvalue weighted by molar-refractivity contribution is 0.0600. The number of nitrogens with one attached hydrogen (secondary N) is 2. The Morgan fingerprint density at radius 2 is 1.75 bits per heavy atom. The molecule has 0 spiro atoms. The van der Waals surface area contributed by atoms with Crippen LogP contribution < -0.4 is 10.6 Å². The summed E-state index contributed by atoms with van der Waals surface area (Å²) in [7, 11) is 1.30. The Morgan fingerprint density at radius 3 is 2.43 bits per heavy atom. The molecule has 0 atom stereocenters. The Bertz CT molecular complexity index is 1020. The molecule has 0 bridgehead atoms. The first-order valence-corrected chi connectivity index (χ1v) is 8.14. The molecule has 3 aromatic rings. The molecule has 1 amide bonds. The Kier molecular flexibility index (Phi) is 5.59. The monoisotopic (exact) mass is 383 g/mol. The van der Waals surface area contributed by atoms with Gasteiger partial charge in [-0.05, 0) is 42.5 Å². The molecule has 1 aromatic heterocycles. The van der Waals surface area contributed by atoms with Crippen molar-refractivity contribution in [1.82, 2.24) is 4.98 Å². The number of carbonyl (C=O) groups excluding carboxylic acids is 2. The number of benzene rings is 2. The van der Waals surface area contributed by atoms with E-state index < -0.39 is 23.5 Å². The van der Waals surface area contributed by atoms with Crippen molar-refractivity contribution in [3.8, 4) is 0 Å². The number of esters is 1. The molecule has 0 aliphatic carbocycles. The van der Waals surface area contributed by atoms with Gasteiger partial charge in [0.1, 0.15) is 5.82 Å². The van der Waals surface area contributed by atoms with E-state index in [-0.39, 0.29) is 11.3 Å². The number of pyridine rings is 1. The average molecular weight is 383 g/mol. The van der Waals surface area contributed by atoms with Crippen molar-refractivity contribution in [2.24, 2.45) is 0 Å². The minimum atomic E-state index is -1.05.